The molecule has 0 amide bonds. The SMILES string of the molecule is CCOC(=O)c1c(C(F)F)cnc(C)c1C#N. The number of carbonyl (C=O) groups is 1. The Morgan fingerprint density at radius 1 is 1.65 bits per heavy atom. The minimum atomic E-state index is -2.88. The summed E-state index contributed by atoms with van der Waals surface area (Å²) in [7, 11) is 0. The second kappa shape index (κ2) is 5.34. The number of nitriles is 1. The molecule has 4 nitrogen and oxygen atoms in total. The van der Waals surface area contributed by atoms with E-state index >= 15 is 0 Å². The average molecular weight is 240 g/mol. The molecule has 0 unspecified atom stereocenters. The van der Waals surface area contributed by atoms with Gasteiger partial charge in [0.1, 0.15) is 6.07 Å². The molecule has 0 spiro atoms. The quantitative estimate of drug-likeness (QED) is 0.761. The Balaban J connectivity index is 3.45. The maximum Gasteiger partial charge on any atom is 0.340 e. The van der Waals surface area contributed by atoms with Crippen molar-refractivity contribution in [2.24, 2.45) is 0 Å². The molecule has 17 heavy (non-hydrogen) atoms. The zero-order valence-electron chi connectivity index (χ0n) is 9.33. The number of rotatable bonds is 3. The van der Waals surface area contributed by atoms with Crippen molar-refractivity contribution in [1.82, 2.24) is 4.98 Å². The van der Waals surface area contributed by atoms with Crippen molar-refractivity contribution in [2.45, 2.75) is 20.3 Å². The predicted octanol–water partition coefficient (Wildman–Crippen LogP) is 2.38. The molecule has 0 N–H and O–H groups in total. The minimum Gasteiger partial charge on any atom is -0.462 e. The van der Waals surface area contributed by atoms with Crippen LogP contribution in [-0.4, -0.2) is 17.6 Å². The van der Waals surface area contributed by atoms with Gasteiger partial charge in [-0.1, -0.05) is 0 Å². The molecule has 1 heterocycles. The third kappa shape index (κ3) is 2.56. The van der Waals surface area contributed by atoms with Crippen molar-refractivity contribution in [3.05, 3.63) is 28.6 Å². The van der Waals surface area contributed by atoms with Crippen LogP contribution in [0.2, 0.25) is 0 Å². The largest absolute Gasteiger partial charge is 0.462 e. The van der Waals surface area contributed by atoms with E-state index in [1.807, 2.05) is 0 Å². The molecule has 0 fully saturated rings. The van der Waals surface area contributed by atoms with Gasteiger partial charge >= 0.3 is 5.97 Å². The highest BCUT2D eigenvalue weighted by atomic mass is 19.3. The summed E-state index contributed by atoms with van der Waals surface area (Å²) in [5.41, 5.74) is -0.913. The van der Waals surface area contributed by atoms with Crippen LogP contribution in [0.15, 0.2) is 6.20 Å². The van der Waals surface area contributed by atoms with E-state index in [0.29, 0.717) is 0 Å². The van der Waals surface area contributed by atoms with Crippen LogP contribution in [0.4, 0.5) is 8.78 Å². The fraction of sp³-hybridized carbons (Fsp3) is 0.364. The number of pyridine rings is 1. The van der Waals surface area contributed by atoms with E-state index in [4.69, 9.17) is 5.26 Å². The number of hydrogen-bond acceptors (Lipinski definition) is 4. The third-order valence-corrected chi connectivity index (χ3v) is 2.12. The van der Waals surface area contributed by atoms with E-state index in [1.54, 1.807) is 13.0 Å². The maximum atomic E-state index is 12.7. The van der Waals surface area contributed by atoms with Gasteiger partial charge in [-0.25, -0.2) is 13.6 Å². The van der Waals surface area contributed by atoms with E-state index in [-0.39, 0.29) is 17.9 Å². The highest BCUT2D eigenvalue weighted by molar-refractivity contribution is 5.94. The number of ether oxygens (including phenoxy) is 1. The van der Waals surface area contributed by atoms with Crippen molar-refractivity contribution in [1.29, 1.82) is 5.26 Å². The molecular formula is C11H10F2N2O2. The van der Waals surface area contributed by atoms with Gasteiger partial charge < -0.3 is 4.74 Å². The monoisotopic (exact) mass is 240 g/mol. The van der Waals surface area contributed by atoms with Crippen LogP contribution in [0.25, 0.3) is 0 Å². The topological polar surface area (TPSA) is 63.0 Å². The van der Waals surface area contributed by atoms with Gasteiger partial charge in [-0.3, -0.25) is 4.98 Å². The average Bonchev–Trinajstić information content (AvgIpc) is 2.28. The molecule has 0 aromatic carbocycles. The number of halogens is 2. The Bertz CT molecular complexity index is 481. The smallest absolute Gasteiger partial charge is 0.340 e. The Morgan fingerprint density at radius 3 is 2.76 bits per heavy atom. The molecule has 1 aromatic heterocycles. The van der Waals surface area contributed by atoms with Crippen LogP contribution in [0.1, 0.15) is 40.5 Å². The summed E-state index contributed by atoms with van der Waals surface area (Å²) in [5, 5.41) is 8.88. The molecular weight excluding hydrogens is 230 g/mol. The molecule has 0 aliphatic carbocycles. The number of hydrogen-bond donors (Lipinski definition) is 0. The molecule has 0 aliphatic rings. The van der Waals surface area contributed by atoms with Gasteiger partial charge in [-0.05, 0) is 13.8 Å². The fourth-order valence-electron chi connectivity index (χ4n) is 1.35. The van der Waals surface area contributed by atoms with Gasteiger partial charge in [-0.15, -0.1) is 0 Å². The standard InChI is InChI=1S/C11H10F2N2O2/c1-3-17-11(16)9-7(4-14)6(2)15-5-8(9)10(12)13/h5,10H,3H2,1-2H3. The van der Waals surface area contributed by atoms with Crippen LogP contribution < -0.4 is 0 Å². The van der Waals surface area contributed by atoms with Crippen molar-refractivity contribution in [3.8, 4) is 6.07 Å². The minimum absolute atomic E-state index is 0.0494. The van der Waals surface area contributed by atoms with Gasteiger partial charge in [0.2, 0.25) is 0 Å². The summed E-state index contributed by atoms with van der Waals surface area (Å²) in [4.78, 5) is 15.2. The molecule has 0 saturated heterocycles. The van der Waals surface area contributed by atoms with Crippen molar-refractivity contribution < 1.29 is 18.3 Å². The Kier molecular flexibility index (Phi) is 4.10. The first-order chi connectivity index (χ1) is 8.02. The lowest BCUT2D eigenvalue weighted by molar-refractivity contribution is 0.0514. The first-order valence-electron chi connectivity index (χ1n) is 4.87. The van der Waals surface area contributed by atoms with E-state index in [9.17, 15) is 13.6 Å². The van der Waals surface area contributed by atoms with Gasteiger partial charge in [-0.2, -0.15) is 5.26 Å². The number of aryl methyl sites for hydroxylation is 1. The summed E-state index contributed by atoms with van der Waals surface area (Å²) >= 11 is 0. The molecule has 1 aromatic rings. The summed E-state index contributed by atoms with van der Waals surface area (Å²) in [6, 6.07) is 1.70. The summed E-state index contributed by atoms with van der Waals surface area (Å²) in [5.74, 6) is -0.926. The maximum absolute atomic E-state index is 12.7. The first-order valence-corrected chi connectivity index (χ1v) is 4.87. The highest BCUT2D eigenvalue weighted by Gasteiger charge is 2.25. The van der Waals surface area contributed by atoms with Crippen LogP contribution in [0.3, 0.4) is 0 Å². The molecule has 0 atom stereocenters. The molecule has 90 valence electrons. The Labute approximate surface area is 96.8 Å². The van der Waals surface area contributed by atoms with Crippen LogP contribution >= 0.6 is 0 Å². The molecule has 1 rings (SSSR count). The number of carbonyl (C=O) groups excluding carboxylic acids is 1. The zero-order chi connectivity index (χ0) is 13.0. The normalized spacial score (nSPS) is 10.1. The Hall–Kier alpha value is -2.03. The van der Waals surface area contributed by atoms with E-state index in [2.05, 4.69) is 9.72 Å². The third-order valence-electron chi connectivity index (χ3n) is 2.12. The van der Waals surface area contributed by atoms with E-state index in [1.165, 1.54) is 6.92 Å². The summed E-state index contributed by atoms with van der Waals surface area (Å²) in [6.45, 7) is 3.07. The zero-order valence-corrected chi connectivity index (χ0v) is 9.33. The molecule has 0 saturated carbocycles. The summed E-state index contributed by atoms with van der Waals surface area (Å²) < 4.78 is 30.1. The number of esters is 1. The predicted molar refractivity (Wildman–Crippen MR) is 54.6 cm³/mol. The lowest BCUT2D eigenvalue weighted by atomic mass is 10.0. The van der Waals surface area contributed by atoms with E-state index < -0.39 is 23.5 Å². The van der Waals surface area contributed by atoms with Crippen LogP contribution in [-0.2, 0) is 4.74 Å². The molecule has 0 aliphatic heterocycles. The Morgan fingerprint density at radius 2 is 2.29 bits per heavy atom. The lowest BCUT2D eigenvalue weighted by Gasteiger charge is -2.10. The first kappa shape index (κ1) is 13.0. The van der Waals surface area contributed by atoms with Crippen molar-refractivity contribution in [2.75, 3.05) is 6.61 Å². The number of alkyl halides is 2. The van der Waals surface area contributed by atoms with Gasteiger partial charge in [0, 0.05) is 6.20 Å². The molecule has 0 radical (unpaired) electrons. The van der Waals surface area contributed by atoms with E-state index in [0.717, 1.165) is 6.20 Å². The van der Waals surface area contributed by atoms with Crippen LogP contribution in [0, 0.1) is 18.3 Å². The van der Waals surface area contributed by atoms with Crippen LogP contribution in [0.5, 0.6) is 0 Å². The van der Waals surface area contributed by atoms with Crippen molar-refractivity contribution >= 4 is 5.97 Å². The summed E-state index contributed by atoms with van der Waals surface area (Å²) in [6.07, 6.45) is -1.98. The second-order valence-corrected chi connectivity index (χ2v) is 3.18. The molecule has 6 heteroatoms. The number of nitrogens with zero attached hydrogens (tertiary/aromatic N) is 2. The fourth-order valence-corrected chi connectivity index (χ4v) is 1.35. The number of aromatic nitrogens is 1. The highest BCUT2D eigenvalue weighted by Crippen LogP contribution is 2.26. The van der Waals surface area contributed by atoms with Crippen molar-refractivity contribution in [3.63, 3.8) is 0 Å². The van der Waals surface area contributed by atoms with Gasteiger partial charge in [0.05, 0.1) is 29.0 Å². The molecule has 0 bridgehead atoms. The second-order valence-electron chi connectivity index (χ2n) is 3.18. The van der Waals surface area contributed by atoms with Gasteiger partial charge in [0.15, 0.2) is 0 Å². The lowest BCUT2D eigenvalue weighted by Crippen LogP contribution is -2.13. The van der Waals surface area contributed by atoms with Gasteiger partial charge in [0.25, 0.3) is 6.43 Å².